The highest BCUT2D eigenvalue weighted by Gasteiger charge is 2.14. The van der Waals surface area contributed by atoms with Gasteiger partial charge in [0.1, 0.15) is 0 Å². The lowest BCUT2D eigenvalue weighted by Gasteiger charge is -2.16. The summed E-state index contributed by atoms with van der Waals surface area (Å²) in [6, 6.07) is 10.9. The standard InChI is InChI=1S/C20H20N4O3/c1-3-18(25)24(2)16-8-6-15(7-9-16)20-23-13-17(27-20)19(26)22-12-14-5-4-10-21-11-14/h4-11,13H,3,12H2,1-2H3,(H,22,26). The Morgan fingerprint density at radius 3 is 2.59 bits per heavy atom. The number of oxazole rings is 1. The first kappa shape index (κ1) is 18.3. The van der Waals surface area contributed by atoms with E-state index in [1.54, 1.807) is 36.5 Å². The molecule has 27 heavy (non-hydrogen) atoms. The van der Waals surface area contributed by atoms with Gasteiger partial charge >= 0.3 is 0 Å². The molecule has 0 spiro atoms. The van der Waals surface area contributed by atoms with Gasteiger partial charge in [-0.05, 0) is 35.9 Å². The molecule has 0 aliphatic carbocycles. The van der Waals surface area contributed by atoms with Crippen LogP contribution in [-0.2, 0) is 11.3 Å². The first-order valence-corrected chi connectivity index (χ1v) is 8.58. The van der Waals surface area contributed by atoms with Crippen LogP contribution < -0.4 is 10.2 Å². The van der Waals surface area contributed by atoms with Crippen LogP contribution in [0.2, 0.25) is 0 Å². The van der Waals surface area contributed by atoms with Crippen LogP contribution in [0.5, 0.6) is 0 Å². The van der Waals surface area contributed by atoms with E-state index in [4.69, 9.17) is 4.42 Å². The molecule has 1 aromatic carbocycles. The van der Waals surface area contributed by atoms with E-state index in [1.165, 1.54) is 6.20 Å². The van der Waals surface area contributed by atoms with Gasteiger partial charge in [-0.2, -0.15) is 0 Å². The summed E-state index contributed by atoms with van der Waals surface area (Å²) in [6.45, 7) is 2.18. The summed E-state index contributed by atoms with van der Waals surface area (Å²) in [6.07, 6.45) is 5.20. The number of anilines is 1. The molecule has 0 atom stereocenters. The summed E-state index contributed by atoms with van der Waals surface area (Å²) in [5.41, 5.74) is 2.40. The Morgan fingerprint density at radius 1 is 1.15 bits per heavy atom. The summed E-state index contributed by atoms with van der Waals surface area (Å²) in [5.74, 6) is 0.169. The molecular formula is C20H20N4O3. The lowest BCUT2D eigenvalue weighted by atomic mass is 10.2. The van der Waals surface area contributed by atoms with Crippen LogP contribution >= 0.6 is 0 Å². The Morgan fingerprint density at radius 2 is 1.93 bits per heavy atom. The van der Waals surface area contributed by atoms with E-state index in [-0.39, 0.29) is 17.6 Å². The highest BCUT2D eigenvalue weighted by Crippen LogP contribution is 2.23. The van der Waals surface area contributed by atoms with Crippen molar-refractivity contribution in [1.29, 1.82) is 0 Å². The molecule has 2 aromatic heterocycles. The highest BCUT2D eigenvalue weighted by atomic mass is 16.4. The van der Waals surface area contributed by atoms with E-state index in [0.29, 0.717) is 18.9 Å². The van der Waals surface area contributed by atoms with Gasteiger partial charge in [-0.3, -0.25) is 14.6 Å². The second-order valence-corrected chi connectivity index (χ2v) is 5.93. The van der Waals surface area contributed by atoms with E-state index in [1.807, 2.05) is 31.2 Å². The Bertz CT molecular complexity index is 920. The Labute approximate surface area is 157 Å². The molecule has 1 N–H and O–H groups in total. The van der Waals surface area contributed by atoms with Gasteiger partial charge in [-0.15, -0.1) is 0 Å². The zero-order valence-corrected chi connectivity index (χ0v) is 15.2. The second kappa shape index (κ2) is 8.27. The smallest absolute Gasteiger partial charge is 0.288 e. The minimum Gasteiger partial charge on any atom is -0.431 e. The monoisotopic (exact) mass is 364 g/mol. The number of hydrogen-bond donors (Lipinski definition) is 1. The average molecular weight is 364 g/mol. The molecule has 0 fully saturated rings. The maximum atomic E-state index is 12.2. The molecule has 0 aliphatic rings. The summed E-state index contributed by atoms with van der Waals surface area (Å²) in [4.78, 5) is 33.7. The molecule has 3 aromatic rings. The molecule has 0 aliphatic heterocycles. The van der Waals surface area contributed by atoms with Crippen LogP contribution in [0.4, 0.5) is 5.69 Å². The van der Waals surface area contributed by atoms with Crippen molar-refractivity contribution in [1.82, 2.24) is 15.3 Å². The molecule has 3 rings (SSSR count). The lowest BCUT2D eigenvalue weighted by Crippen LogP contribution is -2.24. The third-order valence-electron chi connectivity index (χ3n) is 4.08. The second-order valence-electron chi connectivity index (χ2n) is 5.93. The van der Waals surface area contributed by atoms with Crippen LogP contribution in [0.1, 0.15) is 29.5 Å². The number of nitrogens with one attached hydrogen (secondary N) is 1. The number of nitrogens with zero attached hydrogens (tertiary/aromatic N) is 3. The van der Waals surface area contributed by atoms with Crippen LogP contribution in [-0.4, -0.2) is 28.8 Å². The van der Waals surface area contributed by atoms with Crippen molar-refractivity contribution < 1.29 is 14.0 Å². The largest absolute Gasteiger partial charge is 0.431 e. The van der Waals surface area contributed by atoms with Crippen molar-refractivity contribution in [3.63, 3.8) is 0 Å². The highest BCUT2D eigenvalue weighted by molar-refractivity contribution is 5.93. The summed E-state index contributed by atoms with van der Waals surface area (Å²) >= 11 is 0. The van der Waals surface area contributed by atoms with E-state index < -0.39 is 0 Å². The minimum atomic E-state index is -0.345. The topological polar surface area (TPSA) is 88.3 Å². The van der Waals surface area contributed by atoms with E-state index in [2.05, 4.69) is 15.3 Å². The quantitative estimate of drug-likeness (QED) is 0.726. The minimum absolute atomic E-state index is 0.0337. The van der Waals surface area contributed by atoms with Crippen molar-refractivity contribution in [3.05, 3.63) is 66.3 Å². The number of benzene rings is 1. The number of amides is 2. The average Bonchev–Trinajstić information content (AvgIpc) is 3.22. The van der Waals surface area contributed by atoms with Crippen LogP contribution in [0, 0.1) is 0 Å². The van der Waals surface area contributed by atoms with Gasteiger partial charge in [0.05, 0.1) is 6.20 Å². The first-order valence-electron chi connectivity index (χ1n) is 8.58. The molecule has 2 heterocycles. The van der Waals surface area contributed by atoms with Crippen molar-refractivity contribution in [2.24, 2.45) is 0 Å². The fraction of sp³-hybridized carbons (Fsp3) is 0.200. The number of carbonyl (C=O) groups is 2. The first-order chi connectivity index (χ1) is 13.1. The van der Waals surface area contributed by atoms with Crippen molar-refractivity contribution in [3.8, 4) is 11.5 Å². The predicted octanol–water partition coefficient (Wildman–Crippen LogP) is 3.04. The molecular weight excluding hydrogens is 344 g/mol. The molecule has 7 nitrogen and oxygen atoms in total. The van der Waals surface area contributed by atoms with Gasteiger partial charge in [0, 0.05) is 43.7 Å². The number of aromatic nitrogens is 2. The van der Waals surface area contributed by atoms with Crippen molar-refractivity contribution in [2.45, 2.75) is 19.9 Å². The van der Waals surface area contributed by atoms with Crippen molar-refractivity contribution >= 4 is 17.5 Å². The Hall–Kier alpha value is -3.48. The van der Waals surface area contributed by atoms with Gasteiger partial charge in [0.2, 0.25) is 17.6 Å². The van der Waals surface area contributed by atoms with Gasteiger partial charge in [-0.25, -0.2) is 4.98 Å². The normalized spacial score (nSPS) is 10.4. The van der Waals surface area contributed by atoms with E-state index >= 15 is 0 Å². The van der Waals surface area contributed by atoms with Gasteiger partial charge in [0.25, 0.3) is 5.91 Å². The molecule has 0 saturated heterocycles. The molecule has 2 amide bonds. The van der Waals surface area contributed by atoms with Crippen LogP contribution in [0.15, 0.2) is 59.4 Å². The SMILES string of the molecule is CCC(=O)N(C)c1ccc(-c2ncc(C(=O)NCc3cccnc3)o2)cc1. The third-order valence-corrected chi connectivity index (χ3v) is 4.08. The zero-order valence-electron chi connectivity index (χ0n) is 15.2. The maximum absolute atomic E-state index is 12.2. The van der Waals surface area contributed by atoms with Gasteiger partial charge in [-0.1, -0.05) is 13.0 Å². The molecule has 0 bridgehead atoms. The van der Waals surface area contributed by atoms with E-state index in [0.717, 1.165) is 16.8 Å². The third kappa shape index (κ3) is 4.38. The lowest BCUT2D eigenvalue weighted by molar-refractivity contribution is -0.118. The number of pyridine rings is 1. The van der Waals surface area contributed by atoms with E-state index in [9.17, 15) is 9.59 Å². The fourth-order valence-corrected chi connectivity index (χ4v) is 2.49. The Kier molecular flexibility index (Phi) is 5.61. The van der Waals surface area contributed by atoms with Crippen LogP contribution in [0.25, 0.3) is 11.5 Å². The summed E-state index contributed by atoms with van der Waals surface area (Å²) in [7, 11) is 1.73. The summed E-state index contributed by atoms with van der Waals surface area (Å²) in [5, 5.41) is 2.77. The van der Waals surface area contributed by atoms with Crippen molar-refractivity contribution in [2.75, 3.05) is 11.9 Å². The molecule has 7 heteroatoms. The number of hydrogen-bond acceptors (Lipinski definition) is 5. The zero-order chi connectivity index (χ0) is 19.2. The Balaban J connectivity index is 1.66. The molecule has 0 saturated carbocycles. The van der Waals surface area contributed by atoms with Crippen LogP contribution in [0.3, 0.4) is 0 Å². The van der Waals surface area contributed by atoms with Gasteiger partial charge in [0.15, 0.2) is 0 Å². The molecule has 138 valence electrons. The summed E-state index contributed by atoms with van der Waals surface area (Å²) < 4.78 is 5.57. The maximum Gasteiger partial charge on any atom is 0.288 e. The predicted molar refractivity (Wildman–Crippen MR) is 101 cm³/mol. The van der Waals surface area contributed by atoms with Gasteiger partial charge < -0.3 is 14.6 Å². The molecule has 0 radical (unpaired) electrons. The molecule has 0 unspecified atom stereocenters. The number of rotatable bonds is 6. The fourth-order valence-electron chi connectivity index (χ4n) is 2.49. The number of carbonyl (C=O) groups excluding carboxylic acids is 2.